The van der Waals surface area contributed by atoms with Gasteiger partial charge in [0, 0.05) is 18.8 Å². The molecule has 1 aliphatic rings. The number of hydrogen-bond acceptors (Lipinski definition) is 2. The maximum Gasteiger partial charge on any atom is 0.125 e. The molecular weight excluding hydrogens is 181 g/mol. The Morgan fingerprint density at radius 1 is 1.43 bits per heavy atom. The van der Waals surface area contributed by atoms with E-state index in [0.717, 1.165) is 25.1 Å². The maximum absolute atomic E-state index is 12.9. The van der Waals surface area contributed by atoms with Crippen LogP contribution >= 0.6 is 0 Å². The predicted molar refractivity (Wildman–Crippen MR) is 53.9 cm³/mol. The summed E-state index contributed by atoms with van der Waals surface area (Å²) in [5, 5.41) is 9.47. The van der Waals surface area contributed by atoms with Crippen molar-refractivity contribution < 1.29 is 9.50 Å². The summed E-state index contributed by atoms with van der Waals surface area (Å²) in [6, 6.07) is 6.52. The zero-order valence-electron chi connectivity index (χ0n) is 7.99. The van der Waals surface area contributed by atoms with Crippen LogP contribution in [0.1, 0.15) is 12.8 Å². The van der Waals surface area contributed by atoms with Crippen molar-refractivity contribution in [1.29, 1.82) is 0 Å². The second-order valence-electron chi connectivity index (χ2n) is 3.72. The van der Waals surface area contributed by atoms with Crippen molar-refractivity contribution >= 4 is 5.69 Å². The van der Waals surface area contributed by atoms with E-state index < -0.39 is 0 Å². The third-order valence-electron chi connectivity index (χ3n) is 2.57. The van der Waals surface area contributed by atoms with E-state index in [1.165, 1.54) is 12.1 Å². The highest BCUT2D eigenvalue weighted by Crippen LogP contribution is 2.20. The average molecular weight is 195 g/mol. The number of anilines is 1. The van der Waals surface area contributed by atoms with Crippen LogP contribution in [-0.4, -0.2) is 24.3 Å². The topological polar surface area (TPSA) is 23.5 Å². The van der Waals surface area contributed by atoms with Gasteiger partial charge in [-0.1, -0.05) is 6.07 Å². The summed E-state index contributed by atoms with van der Waals surface area (Å²) in [5.74, 6) is -0.220. The van der Waals surface area contributed by atoms with E-state index in [4.69, 9.17) is 0 Å². The molecule has 1 aromatic carbocycles. The van der Waals surface area contributed by atoms with E-state index in [0.29, 0.717) is 6.54 Å². The van der Waals surface area contributed by atoms with E-state index >= 15 is 0 Å². The number of aliphatic hydroxyl groups excluding tert-OH is 1. The quantitative estimate of drug-likeness (QED) is 0.738. The monoisotopic (exact) mass is 195 g/mol. The lowest BCUT2D eigenvalue weighted by Crippen LogP contribution is -2.38. The fourth-order valence-electron chi connectivity index (χ4n) is 1.86. The summed E-state index contributed by atoms with van der Waals surface area (Å²) in [7, 11) is 0. The molecule has 76 valence electrons. The molecule has 14 heavy (non-hydrogen) atoms. The van der Waals surface area contributed by atoms with Gasteiger partial charge in [0.1, 0.15) is 5.82 Å². The summed E-state index contributed by atoms with van der Waals surface area (Å²) in [5.41, 5.74) is 0.865. The van der Waals surface area contributed by atoms with E-state index in [9.17, 15) is 9.50 Å². The Morgan fingerprint density at radius 2 is 2.29 bits per heavy atom. The van der Waals surface area contributed by atoms with Gasteiger partial charge in [0.2, 0.25) is 0 Å². The molecule has 1 saturated heterocycles. The SMILES string of the molecule is O[C@H]1CCCN(c2cccc(F)c2)C1. The standard InChI is InChI=1S/C11H14FNO/c12-9-3-1-4-10(7-9)13-6-2-5-11(14)8-13/h1,3-4,7,11,14H,2,5-6,8H2/t11-/m0/s1. The zero-order chi connectivity index (χ0) is 9.97. The molecule has 1 N–H and O–H groups in total. The van der Waals surface area contributed by atoms with Gasteiger partial charge in [0.25, 0.3) is 0 Å². The molecule has 0 bridgehead atoms. The van der Waals surface area contributed by atoms with Gasteiger partial charge in [-0.15, -0.1) is 0 Å². The van der Waals surface area contributed by atoms with Crippen LogP contribution in [0.3, 0.4) is 0 Å². The molecule has 0 unspecified atom stereocenters. The van der Waals surface area contributed by atoms with E-state index in [1.54, 1.807) is 6.07 Å². The molecule has 0 radical (unpaired) electrons. The van der Waals surface area contributed by atoms with Gasteiger partial charge in [-0.05, 0) is 31.0 Å². The molecule has 0 spiro atoms. The van der Waals surface area contributed by atoms with E-state index in [-0.39, 0.29) is 11.9 Å². The molecule has 1 aromatic rings. The van der Waals surface area contributed by atoms with Crippen molar-refractivity contribution in [3.8, 4) is 0 Å². The first-order valence-corrected chi connectivity index (χ1v) is 4.94. The molecule has 1 fully saturated rings. The van der Waals surface area contributed by atoms with Crippen LogP contribution < -0.4 is 4.90 Å². The highest BCUT2D eigenvalue weighted by molar-refractivity contribution is 5.46. The van der Waals surface area contributed by atoms with E-state index in [2.05, 4.69) is 0 Å². The summed E-state index contributed by atoms with van der Waals surface area (Å²) in [6.45, 7) is 1.52. The van der Waals surface area contributed by atoms with Gasteiger partial charge in [0.15, 0.2) is 0 Å². The molecule has 1 atom stereocenters. The van der Waals surface area contributed by atoms with Gasteiger partial charge in [-0.2, -0.15) is 0 Å². The second kappa shape index (κ2) is 3.96. The van der Waals surface area contributed by atoms with Crippen LogP contribution in [0.25, 0.3) is 0 Å². The first kappa shape index (κ1) is 9.46. The third-order valence-corrected chi connectivity index (χ3v) is 2.57. The largest absolute Gasteiger partial charge is 0.391 e. The Morgan fingerprint density at radius 3 is 3.00 bits per heavy atom. The lowest BCUT2D eigenvalue weighted by Gasteiger charge is -2.31. The van der Waals surface area contributed by atoms with Gasteiger partial charge in [-0.25, -0.2) is 4.39 Å². The molecule has 0 aliphatic carbocycles. The second-order valence-corrected chi connectivity index (χ2v) is 3.72. The number of benzene rings is 1. The normalized spacial score (nSPS) is 22.4. The van der Waals surface area contributed by atoms with Crippen LogP contribution in [0.15, 0.2) is 24.3 Å². The smallest absolute Gasteiger partial charge is 0.125 e. The molecule has 2 nitrogen and oxygen atoms in total. The van der Waals surface area contributed by atoms with Crippen molar-refractivity contribution in [3.05, 3.63) is 30.1 Å². The Bertz CT molecular complexity index is 316. The van der Waals surface area contributed by atoms with Crippen molar-refractivity contribution in [3.63, 3.8) is 0 Å². The van der Waals surface area contributed by atoms with Crippen molar-refractivity contribution in [2.45, 2.75) is 18.9 Å². The predicted octanol–water partition coefficient (Wildman–Crippen LogP) is 1.79. The highest BCUT2D eigenvalue weighted by Gasteiger charge is 2.17. The molecule has 3 heteroatoms. The fraction of sp³-hybridized carbons (Fsp3) is 0.455. The molecule has 1 aliphatic heterocycles. The van der Waals surface area contributed by atoms with Crippen molar-refractivity contribution in [2.75, 3.05) is 18.0 Å². The molecule has 0 saturated carbocycles. The number of β-amino-alcohol motifs (C(OH)–C–C–N with tert-alkyl or cyclic N) is 1. The lowest BCUT2D eigenvalue weighted by atomic mass is 10.1. The van der Waals surface area contributed by atoms with Crippen LogP contribution in [0.2, 0.25) is 0 Å². The van der Waals surface area contributed by atoms with Crippen molar-refractivity contribution in [2.24, 2.45) is 0 Å². The molecule has 1 heterocycles. The number of hydrogen-bond donors (Lipinski definition) is 1. The fourth-order valence-corrected chi connectivity index (χ4v) is 1.86. The van der Waals surface area contributed by atoms with Crippen LogP contribution in [0, 0.1) is 5.82 Å². The van der Waals surface area contributed by atoms with Gasteiger partial charge >= 0.3 is 0 Å². The molecule has 2 rings (SSSR count). The maximum atomic E-state index is 12.9. The Labute approximate surface area is 83.0 Å². The Kier molecular flexibility index (Phi) is 2.68. The van der Waals surface area contributed by atoms with Gasteiger partial charge < -0.3 is 10.0 Å². The lowest BCUT2D eigenvalue weighted by molar-refractivity contribution is 0.154. The molecular formula is C11H14FNO. The van der Waals surface area contributed by atoms with Gasteiger partial charge in [-0.3, -0.25) is 0 Å². The minimum Gasteiger partial charge on any atom is -0.391 e. The number of piperidine rings is 1. The molecule has 0 aromatic heterocycles. The average Bonchev–Trinajstić information content (AvgIpc) is 2.18. The van der Waals surface area contributed by atoms with Gasteiger partial charge in [0.05, 0.1) is 6.10 Å². The van der Waals surface area contributed by atoms with Crippen LogP contribution in [-0.2, 0) is 0 Å². The third kappa shape index (κ3) is 2.04. The highest BCUT2D eigenvalue weighted by atomic mass is 19.1. The number of aliphatic hydroxyl groups is 1. The summed E-state index contributed by atoms with van der Waals surface area (Å²) < 4.78 is 12.9. The van der Waals surface area contributed by atoms with Crippen molar-refractivity contribution in [1.82, 2.24) is 0 Å². The summed E-state index contributed by atoms with van der Waals surface area (Å²) >= 11 is 0. The van der Waals surface area contributed by atoms with Crippen LogP contribution in [0.5, 0.6) is 0 Å². The molecule has 0 amide bonds. The first-order chi connectivity index (χ1) is 6.75. The summed E-state index contributed by atoms with van der Waals surface area (Å²) in [6.07, 6.45) is 1.55. The number of rotatable bonds is 1. The van der Waals surface area contributed by atoms with E-state index in [1.807, 2.05) is 11.0 Å². The summed E-state index contributed by atoms with van der Waals surface area (Å²) in [4.78, 5) is 2.03. The first-order valence-electron chi connectivity index (χ1n) is 4.94. The Balaban J connectivity index is 2.14. The Hall–Kier alpha value is -1.09. The number of halogens is 1. The number of nitrogens with zero attached hydrogens (tertiary/aromatic N) is 1. The zero-order valence-corrected chi connectivity index (χ0v) is 7.99. The minimum absolute atomic E-state index is 0.220. The minimum atomic E-state index is -0.271. The van der Waals surface area contributed by atoms with Crippen LogP contribution in [0.4, 0.5) is 10.1 Å².